The highest BCUT2D eigenvalue weighted by Gasteiger charge is 2.38. The average molecular weight is 467 g/mol. The fourth-order valence-corrected chi connectivity index (χ4v) is 5.23. The number of hydrazone groups is 1. The Morgan fingerprint density at radius 3 is 2.12 bits per heavy atom. The Bertz CT molecular complexity index is 1270. The average Bonchev–Trinajstić information content (AvgIpc) is 3.30. The normalized spacial score (nSPS) is 15.8. The van der Waals surface area contributed by atoms with Gasteiger partial charge in [-0.2, -0.15) is 17.9 Å². The van der Waals surface area contributed by atoms with E-state index in [0.29, 0.717) is 29.4 Å². The van der Waals surface area contributed by atoms with Crippen molar-refractivity contribution in [2.45, 2.75) is 24.3 Å². The lowest BCUT2D eigenvalue weighted by Crippen LogP contribution is -2.27. The van der Waals surface area contributed by atoms with Crippen LogP contribution in [0.1, 0.15) is 29.2 Å². The maximum Gasteiger partial charge on any atom is 0.279 e. The number of benzene rings is 3. The van der Waals surface area contributed by atoms with Gasteiger partial charge in [-0.15, -0.1) is 0 Å². The molecule has 0 aliphatic carbocycles. The summed E-state index contributed by atoms with van der Waals surface area (Å²) in [5, 5.41) is 4.59. The van der Waals surface area contributed by atoms with Gasteiger partial charge in [0.05, 0.1) is 38.0 Å². The molecular formula is C25H26N2O5S. The number of rotatable bonds is 7. The molecule has 1 aliphatic heterocycles. The molecule has 172 valence electrons. The lowest BCUT2D eigenvalue weighted by Gasteiger charge is -2.23. The molecule has 0 fully saturated rings. The fourth-order valence-electron chi connectivity index (χ4n) is 3.79. The van der Waals surface area contributed by atoms with E-state index >= 15 is 0 Å². The van der Waals surface area contributed by atoms with Gasteiger partial charge in [-0.05, 0) is 55.0 Å². The largest absolute Gasteiger partial charge is 0.497 e. The molecule has 0 amide bonds. The van der Waals surface area contributed by atoms with Crippen molar-refractivity contribution in [1.82, 2.24) is 4.41 Å². The smallest absolute Gasteiger partial charge is 0.279 e. The minimum absolute atomic E-state index is 0.198. The zero-order chi connectivity index (χ0) is 23.6. The van der Waals surface area contributed by atoms with Crippen molar-refractivity contribution in [3.63, 3.8) is 0 Å². The Kier molecular flexibility index (Phi) is 6.29. The predicted octanol–water partition coefficient (Wildman–Crippen LogP) is 4.56. The summed E-state index contributed by atoms with van der Waals surface area (Å²) in [6, 6.07) is 19.1. The first-order chi connectivity index (χ1) is 15.9. The molecule has 3 aromatic carbocycles. The van der Waals surface area contributed by atoms with Crippen molar-refractivity contribution in [2.75, 3.05) is 21.3 Å². The molecule has 1 aliphatic rings. The van der Waals surface area contributed by atoms with Crippen molar-refractivity contribution in [3.8, 4) is 17.2 Å². The van der Waals surface area contributed by atoms with E-state index in [9.17, 15) is 8.42 Å². The lowest BCUT2D eigenvalue weighted by molar-refractivity contribution is 0.355. The van der Waals surface area contributed by atoms with Gasteiger partial charge in [0.15, 0.2) is 11.5 Å². The van der Waals surface area contributed by atoms with Crippen LogP contribution in [0.15, 0.2) is 76.7 Å². The van der Waals surface area contributed by atoms with Crippen LogP contribution in [-0.4, -0.2) is 39.9 Å². The number of hydrogen-bond donors (Lipinski definition) is 0. The van der Waals surface area contributed by atoms with E-state index < -0.39 is 16.1 Å². The summed E-state index contributed by atoms with van der Waals surface area (Å²) in [6.07, 6.45) is 0.410. The second-order valence-corrected chi connectivity index (χ2v) is 9.50. The molecule has 1 heterocycles. The summed E-state index contributed by atoms with van der Waals surface area (Å²) >= 11 is 0. The summed E-state index contributed by atoms with van der Waals surface area (Å²) in [6.45, 7) is 1.92. The molecule has 0 spiro atoms. The molecule has 7 nitrogen and oxygen atoms in total. The first-order valence-electron chi connectivity index (χ1n) is 10.4. The van der Waals surface area contributed by atoms with Crippen LogP contribution in [0.3, 0.4) is 0 Å². The first kappa shape index (κ1) is 22.7. The molecule has 0 aromatic heterocycles. The van der Waals surface area contributed by atoms with Crippen molar-refractivity contribution in [2.24, 2.45) is 5.10 Å². The molecular weight excluding hydrogens is 440 g/mol. The van der Waals surface area contributed by atoms with E-state index in [0.717, 1.165) is 16.7 Å². The first-order valence-corrected chi connectivity index (χ1v) is 11.9. The van der Waals surface area contributed by atoms with Gasteiger partial charge in [0.1, 0.15) is 5.75 Å². The zero-order valence-corrected chi connectivity index (χ0v) is 19.8. The van der Waals surface area contributed by atoms with Crippen LogP contribution in [-0.2, 0) is 10.0 Å². The highest BCUT2D eigenvalue weighted by atomic mass is 32.2. The molecule has 8 heteroatoms. The van der Waals surface area contributed by atoms with Gasteiger partial charge < -0.3 is 14.2 Å². The summed E-state index contributed by atoms with van der Waals surface area (Å²) in [5.74, 6) is 1.85. The van der Waals surface area contributed by atoms with Crippen LogP contribution in [0.5, 0.6) is 17.2 Å². The third-order valence-corrected chi connectivity index (χ3v) is 7.35. The quantitative estimate of drug-likeness (QED) is 0.510. The standard InChI is InChI=1S/C25H26N2O5S/c1-17-5-12-21(13-6-17)33(28,29)27-23(18-7-10-20(30-2)11-8-18)16-22(26-27)19-9-14-24(31-3)25(15-19)32-4/h5-15,23H,16H2,1-4H3/t23-/m0/s1. The monoisotopic (exact) mass is 466 g/mol. The zero-order valence-electron chi connectivity index (χ0n) is 19.0. The summed E-state index contributed by atoms with van der Waals surface area (Å²) in [4.78, 5) is 0.198. The molecule has 33 heavy (non-hydrogen) atoms. The van der Waals surface area contributed by atoms with Crippen molar-refractivity contribution >= 4 is 15.7 Å². The van der Waals surface area contributed by atoms with Crippen LogP contribution in [0.4, 0.5) is 0 Å². The number of aryl methyl sites for hydroxylation is 1. The Labute approximate surface area is 194 Å². The molecule has 0 radical (unpaired) electrons. The van der Waals surface area contributed by atoms with Crippen LogP contribution in [0.2, 0.25) is 0 Å². The minimum atomic E-state index is -3.88. The maximum atomic E-state index is 13.6. The molecule has 0 saturated heterocycles. The Morgan fingerprint density at radius 2 is 1.52 bits per heavy atom. The van der Waals surface area contributed by atoms with Crippen LogP contribution >= 0.6 is 0 Å². The van der Waals surface area contributed by atoms with Crippen molar-refractivity contribution in [3.05, 3.63) is 83.4 Å². The van der Waals surface area contributed by atoms with Crippen LogP contribution < -0.4 is 14.2 Å². The van der Waals surface area contributed by atoms with Gasteiger partial charge in [-0.3, -0.25) is 0 Å². The van der Waals surface area contributed by atoms with E-state index in [1.807, 2.05) is 43.3 Å². The van der Waals surface area contributed by atoms with E-state index in [4.69, 9.17) is 14.2 Å². The van der Waals surface area contributed by atoms with Crippen molar-refractivity contribution < 1.29 is 22.6 Å². The molecule has 4 rings (SSSR count). The van der Waals surface area contributed by atoms with E-state index in [1.54, 1.807) is 51.7 Å². The molecule has 0 bridgehead atoms. The molecule has 0 N–H and O–H groups in total. The fraction of sp³-hybridized carbons (Fsp3) is 0.240. The Morgan fingerprint density at radius 1 is 0.848 bits per heavy atom. The molecule has 1 atom stereocenters. The lowest BCUT2D eigenvalue weighted by atomic mass is 9.99. The summed E-state index contributed by atoms with van der Waals surface area (Å²) in [5.41, 5.74) is 3.22. The van der Waals surface area contributed by atoms with Crippen LogP contribution in [0.25, 0.3) is 0 Å². The van der Waals surface area contributed by atoms with Crippen molar-refractivity contribution in [1.29, 1.82) is 0 Å². The van der Waals surface area contributed by atoms with E-state index in [-0.39, 0.29) is 4.90 Å². The van der Waals surface area contributed by atoms with Gasteiger partial charge >= 0.3 is 0 Å². The van der Waals surface area contributed by atoms with Gasteiger partial charge in [0, 0.05) is 12.0 Å². The van der Waals surface area contributed by atoms with E-state index in [1.165, 1.54) is 4.41 Å². The maximum absolute atomic E-state index is 13.6. The second kappa shape index (κ2) is 9.15. The predicted molar refractivity (Wildman–Crippen MR) is 127 cm³/mol. The summed E-state index contributed by atoms with van der Waals surface area (Å²) < 4.78 is 44.4. The Balaban J connectivity index is 1.79. The highest BCUT2D eigenvalue weighted by molar-refractivity contribution is 7.89. The number of nitrogens with zero attached hydrogens (tertiary/aromatic N) is 2. The minimum Gasteiger partial charge on any atom is -0.497 e. The summed E-state index contributed by atoms with van der Waals surface area (Å²) in [7, 11) is 0.847. The van der Waals surface area contributed by atoms with Gasteiger partial charge in [-0.25, -0.2) is 0 Å². The van der Waals surface area contributed by atoms with Gasteiger partial charge in [-0.1, -0.05) is 29.8 Å². The number of methoxy groups -OCH3 is 3. The third-order valence-electron chi connectivity index (χ3n) is 5.66. The van der Waals surface area contributed by atoms with Gasteiger partial charge in [0.25, 0.3) is 10.0 Å². The number of ether oxygens (including phenoxy) is 3. The molecule has 3 aromatic rings. The third kappa shape index (κ3) is 4.39. The topological polar surface area (TPSA) is 77.4 Å². The molecule has 0 unspecified atom stereocenters. The van der Waals surface area contributed by atoms with E-state index in [2.05, 4.69) is 5.10 Å². The number of sulfonamides is 1. The second-order valence-electron chi connectivity index (χ2n) is 7.70. The number of hydrogen-bond acceptors (Lipinski definition) is 6. The SMILES string of the molecule is COc1ccc([C@@H]2CC(c3ccc(OC)c(OC)c3)=NN2S(=O)(=O)c2ccc(C)cc2)cc1. The molecule has 0 saturated carbocycles. The van der Waals surface area contributed by atoms with Crippen LogP contribution in [0, 0.1) is 6.92 Å². The van der Waals surface area contributed by atoms with Gasteiger partial charge in [0.2, 0.25) is 0 Å². The Hall–Kier alpha value is -3.52. The highest BCUT2D eigenvalue weighted by Crippen LogP contribution is 2.39.